The van der Waals surface area contributed by atoms with Crippen molar-refractivity contribution in [3.63, 3.8) is 0 Å². The molecule has 0 saturated carbocycles. The van der Waals surface area contributed by atoms with Gasteiger partial charge in [0.1, 0.15) is 11.4 Å². The van der Waals surface area contributed by atoms with Gasteiger partial charge in [-0.1, -0.05) is 19.1 Å². The summed E-state index contributed by atoms with van der Waals surface area (Å²) < 4.78 is 6.06. The van der Waals surface area contributed by atoms with Crippen LogP contribution in [0.2, 0.25) is 0 Å². The number of ketones is 1. The first kappa shape index (κ1) is 13.2. The van der Waals surface area contributed by atoms with Crippen molar-refractivity contribution in [3.05, 3.63) is 35.5 Å². The van der Waals surface area contributed by atoms with Crippen LogP contribution in [0.15, 0.2) is 30.0 Å². The fourth-order valence-corrected chi connectivity index (χ4v) is 2.93. The summed E-state index contributed by atoms with van der Waals surface area (Å²) in [6, 6.07) is 6.28. The topological polar surface area (TPSA) is 29.5 Å². The Balaban J connectivity index is 2.08. The molecule has 3 heteroatoms. The van der Waals surface area contributed by atoms with E-state index in [0.717, 1.165) is 30.0 Å². The summed E-state index contributed by atoms with van der Waals surface area (Å²) in [6.45, 7) is 6.98. The monoisotopic (exact) mass is 271 g/mol. The Kier molecular flexibility index (Phi) is 3.08. The molecular formula is C17H21NO2. The maximum Gasteiger partial charge on any atom is 0.179 e. The molecule has 1 heterocycles. The van der Waals surface area contributed by atoms with E-state index in [-0.39, 0.29) is 11.4 Å². The number of carbonyl (C=O) groups excluding carboxylic acids is 1. The van der Waals surface area contributed by atoms with E-state index in [9.17, 15) is 4.79 Å². The van der Waals surface area contributed by atoms with Crippen molar-refractivity contribution in [1.82, 2.24) is 0 Å². The van der Waals surface area contributed by atoms with Gasteiger partial charge >= 0.3 is 0 Å². The average molecular weight is 271 g/mol. The van der Waals surface area contributed by atoms with Crippen molar-refractivity contribution < 1.29 is 9.53 Å². The quantitative estimate of drug-likeness (QED) is 0.825. The molecule has 3 nitrogen and oxygen atoms in total. The van der Waals surface area contributed by atoms with Crippen LogP contribution in [0.25, 0.3) is 0 Å². The Labute approximate surface area is 120 Å². The minimum atomic E-state index is -0.287. The zero-order valence-corrected chi connectivity index (χ0v) is 12.4. The van der Waals surface area contributed by atoms with Gasteiger partial charge < -0.3 is 9.64 Å². The number of anilines is 1. The molecule has 20 heavy (non-hydrogen) atoms. The second-order valence-electron chi connectivity index (χ2n) is 6.15. The van der Waals surface area contributed by atoms with E-state index in [2.05, 4.69) is 43.9 Å². The number of hydrogen-bond donors (Lipinski definition) is 0. The van der Waals surface area contributed by atoms with Gasteiger partial charge in [-0.15, -0.1) is 0 Å². The summed E-state index contributed by atoms with van der Waals surface area (Å²) in [5, 5.41) is 0. The summed E-state index contributed by atoms with van der Waals surface area (Å²) in [4.78, 5) is 14.2. The van der Waals surface area contributed by atoms with E-state index in [1.54, 1.807) is 0 Å². The van der Waals surface area contributed by atoms with Gasteiger partial charge in [-0.3, -0.25) is 4.79 Å². The fourth-order valence-electron chi connectivity index (χ4n) is 2.93. The van der Waals surface area contributed by atoms with E-state index in [4.69, 9.17) is 4.74 Å². The summed E-state index contributed by atoms with van der Waals surface area (Å²) in [6.07, 6.45) is 4.54. The van der Waals surface area contributed by atoms with Crippen LogP contribution < -0.4 is 9.64 Å². The normalized spacial score (nSPS) is 20.4. The van der Waals surface area contributed by atoms with Crippen LogP contribution in [0.5, 0.6) is 5.75 Å². The van der Waals surface area contributed by atoms with Gasteiger partial charge in [-0.25, -0.2) is 0 Å². The highest BCUT2D eigenvalue weighted by Crippen LogP contribution is 2.40. The molecule has 0 fully saturated rings. The smallest absolute Gasteiger partial charge is 0.179 e. The molecule has 3 rings (SSSR count). The number of fused-ring (bicyclic) bond motifs is 1. The average Bonchev–Trinajstić information content (AvgIpc) is 2.82. The van der Waals surface area contributed by atoms with Gasteiger partial charge in [-0.2, -0.15) is 0 Å². The van der Waals surface area contributed by atoms with Crippen molar-refractivity contribution in [2.75, 3.05) is 11.4 Å². The molecule has 1 aliphatic carbocycles. The molecule has 0 radical (unpaired) electrons. The van der Waals surface area contributed by atoms with E-state index < -0.39 is 0 Å². The molecule has 0 spiro atoms. The van der Waals surface area contributed by atoms with Crippen molar-refractivity contribution >= 4 is 11.5 Å². The highest BCUT2D eigenvalue weighted by atomic mass is 16.5. The molecule has 0 unspecified atom stereocenters. The van der Waals surface area contributed by atoms with Gasteiger partial charge in [-0.05, 0) is 44.4 Å². The SMILES string of the molecule is CCc1ccc2c(c1)N(C1=CCCC1=O)CC(C)(C)O2. The lowest BCUT2D eigenvalue weighted by Gasteiger charge is -2.41. The van der Waals surface area contributed by atoms with Crippen molar-refractivity contribution in [2.24, 2.45) is 0 Å². The number of rotatable bonds is 2. The second kappa shape index (κ2) is 4.65. The second-order valence-corrected chi connectivity index (χ2v) is 6.15. The molecule has 0 bridgehead atoms. The number of carbonyl (C=O) groups is 1. The highest BCUT2D eigenvalue weighted by Gasteiger charge is 2.35. The number of hydrogen-bond acceptors (Lipinski definition) is 3. The van der Waals surface area contributed by atoms with Crippen LogP contribution in [0.4, 0.5) is 5.69 Å². The highest BCUT2D eigenvalue weighted by molar-refractivity contribution is 6.01. The van der Waals surface area contributed by atoms with Gasteiger partial charge in [0.2, 0.25) is 0 Å². The number of allylic oxidation sites excluding steroid dienone is 2. The molecule has 2 aliphatic rings. The summed E-state index contributed by atoms with van der Waals surface area (Å²) in [5.41, 5.74) is 2.86. The van der Waals surface area contributed by atoms with Gasteiger partial charge in [0.05, 0.1) is 17.9 Å². The van der Waals surface area contributed by atoms with Crippen molar-refractivity contribution in [1.29, 1.82) is 0 Å². The molecule has 0 amide bonds. The van der Waals surface area contributed by atoms with E-state index in [1.807, 2.05) is 6.07 Å². The predicted octanol–water partition coefficient (Wildman–Crippen LogP) is 3.47. The van der Waals surface area contributed by atoms with Crippen LogP contribution in [0.3, 0.4) is 0 Å². The third-order valence-corrected chi connectivity index (χ3v) is 3.93. The largest absolute Gasteiger partial charge is 0.484 e. The lowest BCUT2D eigenvalue weighted by Crippen LogP contribution is -2.47. The van der Waals surface area contributed by atoms with Gasteiger partial charge in [0.25, 0.3) is 0 Å². The number of benzene rings is 1. The summed E-state index contributed by atoms with van der Waals surface area (Å²) in [5.74, 6) is 1.12. The first-order chi connectivity index (χ1) is 9.50. The molecule has 106 valence electrons. The first-order valence-corrected chi connectivity index (χ1v) is 7.33. The van der Waals surface area contributed by atoms with E-state index >= 15 is 0 Å². The van der Waals surface area contributed by atoms with Crippen LogP contribution in [0, 0.1) is 0 Å². The maximum absolute atomic E-state index is 12.1. The number of ether oxygens (including phenoxy) is 1. The zero-order valence-electron chi connectivity index (χ0n) is 12.4. The number of nitrogens with zero attached hydrogens (tertiary/aromatic N) is 1. The standard InChI is InChI=1S/C17H21NO2/c1-4-12-8-9-16-14(10-12)18(11-17(2,3)20-16)13-6-5-7-15(13)19/h6,8-10H,4-5,7,11H2,1-3H3. The molecule has 1 aromatic rings. The summed E-state index contributed by atoms with van der Waals surface area (Å²) >= 11 is 0. The lowest BCUT2D eigenvalue weighted by atomic mass is 10.0. The van der Waals surface area contributed by atoms with Crippen molar-refractivity contribution in [3.8, 4) is 5.75 Å². The van der Waals surface area contributed by atoms with Crippen LogP contribution in [-0.4, -0.2) is 17.9 Å². The predicted molar refractivity (Wildman–Crippen MR) is 80.2 cm³/mol. The molecular weight excluding hydrogens is 250 g/mol. The molecule has 0 atom stereocenters. The van der Waals surface area contributed by atoms with Crippen LogP contribution in [0.1, 0.15) is 39.2 Å². The molecule has 1 aliphatic heterocycles. The molecule has 0 aromatic heterocycles. The van der Waals surface area contributed by atoms with Crippen LogP contribution >= 0.6 is 0 Å². The van der Waals surface area contributed by atoms with Gasteiger partial charge in [0.15, 0.2) is 5.78 Å². The van der Waals surface area contributed by atoms with Crippen molar-refractivity contribution in [2.45, 2.75) is 45.6 Å². The van der Waals surface area contributed by atoms with E-state index in [1.165, 1.54) is 5.56 Å². The number of aryl methyl sites for hydroxylation is 1. The van der Waals surface area contributed by atoms with Crippen LogP contribution in [-0.2, 0) is 11.2 Å². The van der Waals surface area contributed by atoms with E-state index in [0.29, 0.717) is 13.0 Å². The third kappa shape index (κ3) is 2.21. The number of Topliss-reactive ketones (excluding diaryl/α,β-unsaturated/α-hetero) is 1. The Morgan fingerprint density at radius 1 is 1.35 bits per heavy atom. The Morgan fingerprint density at radius 3 is 2.80 bits per heavy atom. The summed E-state index contributed by atoms with van der Waals surface area (Å²) in [7, 11) is 0. The minimum absolute atomic E-state index is 0.246. The molecule has 0 N–H and O–H groups in total. The third-order valence-electron chi connectivity index (χ3n) is 3.93. The Morgan fingerprint density at radius 2 is 2.15 bits per heavy atom. The Bertz CT molecular complexity index is 587. The maximum atomic E-state index is 12.1. The Hall–Kier alpha value is -1.77. The van der Waals surface area contributed by atoms with Gasteiger partial charge in [0, 0.05) is 6.42 Å². The molecule has 0 saturated heterocycles. The zero-order chi connectivity index (χ0) is 14.3. The minimum Gasteiger partial charge on any atom is -0.484 e. The fraction of sp³-hybridized carbons (Fsp3) is 0.471. The first-order valence-electron chi connectivity index (χ1n) is 7.33. The lowest BCUT2D eigenvalue weighted by molar-refractivity contribution is -0.115. The molecule has 1 aromatic carbocycles.